The summed E-state index contributed by atoms with van der Waals surface area (Å²) in [5.41, 5.74) is 2.60. The molecule has 0 saturated heterocycles. The molecular weight excluding hydrogens is 440 g/mol. The highest BCUT2D eigenvalue weighted by Gasteiger charge is 2.14. The maximum absolute atomic E-state index is 12.4. The Hall–Kier alpha value is -2.06. The van der Waals surface area contributed by atoms with E-state index in [9.17, 15) is 9.59 Å². The van der Waals surface area contributed by atoms with Gasteiger partial charge in [0.05, 0.1) is 16.7 Å². The van der Waals surface area contributed by atoms with Gasteiger partial charge in [-0.2, -0.15) is 0 Å². The second-order valence-electron chi connectivity index (χ2n) is 5.32. The lowest BCUT2D eigenvalue weighted by Gasteiger charge is -2.16. The molecule has 124 valence electrons. The minimum atomic E-state index is -0.455. The van der Waals surface area contributed by atoms with Crippen LogP contribution in [0, 0.1) is 0 Å². The van der Waals surface area contributed by atoms with E-state index in [1.807, 2.05) is 24.3 Å². The van der Waals surface area contributed by atoms with E-state index in [2.05, 4.69) is 52.5 Å². The van der Waals surface area contributed by atoms with Gasteiger partial charge >= 0.3 is 5.69 Å². The molecule has 1 atom stereocenters. The fourth-order valence-corrected chi connectivity index (χ4v) is 3.42. The number of nitrogens with one attached hydrogen (secondary N) is 4. The average Bonchev–Trinajstić information content (AvgIpc) is 2.89. The Kier molecular flexibility index (Phi) is 4.77. The number of benzene rings is 2. The molecule has 3 rings (SSSR count). The Morgan fingerprint density at radius 2 is 1.83 bits per heavy atom. The maximum atomic E-state index is 12.4. The summed E-state index contributed by atoms with van der Waals surface area (Å²) >= 11 is 6.79. The molecule has 0 spiro atoms. The van der Waals surface area contributed by atoms with Gasteiger partial charge in [-0.1, -0.05) is 15.9 Å². The van der Waals surface area contributed by atoms with Crippen molar-refractivity contribution in [2.45, 2.75) is 13.0 Å². The predicted octanol–water partition coefficient (Wildman–Crippen LogP) is 3.82. The average molecular weight is 454 g/mol. The zero-order chi connectivity index (χ0) is 17.3. The molecule has 1 amide bonds. The van der Waals surface area contributed by atoms with Gasteiger partial charge in [0.15, 0.2) is 0 Å². The Morgan fingerprint density at radius 3 is 2.58 bits per heavy atom. The molecule has 0 radical (unpaired) electrons. The van der Waals surface area contributed by atoms with E-state index in [-0.39, 0.29) is 11.6 Å². The van der Waals surface area contributed by atoms with Crippen LogP contribution in [0.15, 0.2) is 50.1 Å². The van der Waals surface area contributed by atoms with Crippen molar-refractivity contribution in [3.63, 3.8) is 0 Å². The van der Waals surface area contributed by atoms with Crippen LogP contribution in [0.5, 0.6) is 0 Å². The number of carbonyl (C=O) groups excluding carboxylic acids is 1. The molecule has 0 saturated carbocycles. The van der Waals surface area contributed by atoms with E-state index in [1.165, 1.54) is 0 Å². The number of anilines is 2. The smallest absolute Gasteiger partial charge is 0.323 e. The summed E-state index contributed by atoms with van der Waals surface area (Å²) < 4.78 is 1.72. The van der Waals surface area contributed by atoms with Crippen molar-refractivity contribution in [2.75, 3.05) is 10.6 Å². The number of hydrogen-bond donors (Lipinski definition) is 4. The summed E-state index contributed by atoms with van der Waals surface area (Å²) in [7, 11) is 0. The first-order valence-corrected chi connectivity index (χ1v) is 8.75. The molecule has 0 fully saturated rings. The second kappa shape index (κ2) is 6.82. The number of halogens is 2. The predicted molar refractivity (Wildman–Crippen MR) is 102 cm³/mol. The lowest BCUT2D eigenvalue weighted by atomic mass is 10.2. The number of rotatable bonds is 4. The van der Waals surface area contributed by atoms with Crippen LogP contribution < -0.4 is 16.3 Å². The van der Waals surface area contributed by atoms with Gasteiger partial charge in [0.25, 0.3) is 0 Å². The maximum Gasteiger partial charge on any atom is 0.323 e. The Labute approximate surface area is 154 Å². The number of aromatic amines is 2. The molecule has 24 heavy (non-hydrogen) atoms. The molecule has 8 heteroatoms. The van der Waals surface area contributed by atoms with Crippen LogP contribution in [0.2, 0.25) is 0 Å². The third-order valence-electron chi connectivity index (χ3n) is 3.48. The Balaban J connectivity index is 1.71. The minimum absolute atomic E-state index is 0.166. The van der Waals surface area contributed by atoms with Gasteiger partial charge in [-0.15, -0.1) is 0 Å². The molecule has 6 nitrogen and oxygen atoms in total. The van der Waals surface area contributed by atoms with Crippen LogP contribution in [0.1, 0.15) is 6.92 Å². The molecule has 2 aromatic carbocycles. The molecule has 0 aliphatic carbocycles. The van der Waals surface area contributed by atoms with Crippen molar-refractivity contribution in [1.82, 2.24) is 9.97 Å². The second-order valence-corrected chi connectivity index (χ2v) is 7.09. The van der Waals surface area contributed by atoms with Gasteiger partial charge in [-0.05, 0) is 59.3 Å². The summed E-state index contributed by atoms with van der Waals surface area (Å²) in [6.45, 7) is 1.77. The zero-order valence-electron chi connectivity index (χ0n) is 12.6. The summed E-state index contributed by atoms with van der Waals surface area (Å²) in [5.74, 6) is -0.166. The van der Waals surface area contributed by atoms with E-state index in [1.54, 1.807) is 19.1 Å². The van der Waals surface area contributed by atoms with Crippen molar-refractivity contribution in [1.29, 1.82) is 0 Å². The van der Waals surface area contributed by atoms with Crippen LogP contribution >= 0.6 is 31.9 Å². The zero-order valence-corrected chi connectivity index (χ0v) is 15.8. The lowest BCUT2D eigenvalue weighted by Crippen LogP contribution is -2.31. The number of H-pyrrole nitrogens is 2. The minimum Gasteiger partial charge on any atom is -0.374 e. The number of fused-ring (bicyclic) bond motifs is 1. The fraction of sp³-hybridized carbons (Fsp3) is 0.125. The molecular formula is C16H14Br2N4O2. The van der Waals surface area contributed by atoms with Crippen LogP contribution in [0.3, 0.4) is 0 Å². The first-order valence-electron chi connectivity index (χ1n) is 7.17. The summed E-state index contributed by atoms with van der Waals surface area (Å²) in [6, 6.07) is 10.5. The highest BCUT2D eigenvalue weighted by atomic mass is 79.9. The number of amides is 1. The quantitative estimate of drug-likeness (QED) is 0.484. The van der Waals surface area contributed by atoms with Gasteiger partial charge < -0.3 is 20.6 Å². The summed E-state index contributed by atoms with van der Waals surface area (Å²) in [4.78, 5) is 29.0. The molecule has 3 aromatic rings. The SMILES string of the molecule is CC(Nc1ccc2[nH]c(=O)[nH]c2c1)C(=O)Nc1ccc(Br)cc1Br. The van der Waals surface area contributed by atoms with Crippen LogP contribution in [-0.2, 0) is 4.79 Å². The highest BCUT2D eigenvalue weighted by molar-refractivity contribution is 9.11. The van der Waals surface area contributed by atoms with Crippen LogP contribution in [0.25, 0.3) is 11.0 Å². The number of imidazole rings is 1. The first kappa shape index (κ1) is 16.8. The largest absolute Gasteiger partial charge is 0.374 e. The van der Waals surface area contributed by atoms with Crippen molar-refractivity contribution in [3.8, 4) is 0 Å². The molecule has 0 bridgehead atoms. The van der Waals surface area contributed by atoms with Gasteiger partial charge in [-0.25, -0.2) is 4.79 Å². The van der Waals surface area contributed by atoms with E-state index < -0.39 is 6.04 Å². The van der Waals surface area contributed by atoms with Crippen molar-refractivity contribution in [3.05, 3.63) is 55.8 Å². The summed E-state index contributed by atoms with van der Waals surface area (Å²) in [5, 5.41) is 5.99. The van der Waals surface area contributed by atoms with Gasteiger partial charge in [0.1, 0.15) is 6.04 Å². The van der Waals surface area contributed by atoms with Crippen LogP contribution in [-0.4, -0.2) is 21.9 Å². The third kappa shape index (κ3) is 3.70. The lowest BCUT2D eigenvalue weighted by molar-refractivity contribution is -0.116. The fourth-order valence-electron chi connectivity index (χ4n) is 2.27. The van der Waals surface area contributed by atoms with Gasteiger partial charge in [-0.3, -0.25) is 4.79 Å². The van der Waals surface area contributed by atoms with Crippen molar-refractivity contribution >= 4 is 60.2 Å². The molecule has 1 aromatic heterocycles. The normalized spacial score (nSPS) is 12.1. The molecule has 1 unspecified atom stereocenters. The number of aromatic nitrogens is 2. The first-order chi connectivity index (χ1) is 11.4. The molecule has 0 aliphatic heterocycles. The molecule has 1 heterocycles. The van der Waals surface area contributed by atoms with Crippen molar-refractivity contribution < 1.29 is 4.79 Å². The van der Waals surface area contributed by atoms with E-state index in [0.29, 0.717) is 11.2 Å². The van der Waals surface area contributed by atoms with E-state index in [4.69, 9.17) is 0 Å². The summed E-state index contributed by atoms with van der Waals surface area (Å²) in [6.07, 6.45) is 0. The van der Waals surface area contributed by atoms with E-state index in [0.717, 1.165) is 20.1 Å². The third-order valence-corrected chi connectivity index (χ3v) is 4.63. The Bertz CT molecular complexity index is 964. The van der Waals surface area contributed by atoms with E-state index >= 15 is 0 Å². The molecule has 0 aliphatic rings. The standard InChI is InChI=1S/C16H14Br2N4O2/c1-8(15(23)20-12-4-2-9(17)6-11(12)18)19-10-3-5-13-14(7-10)22-16(24)21-13/h2-8,19H,1H3,(H,20,23)(H2,21,22,24). The number of carbonyl (C=O) groups is 1. The number of hydrogen-bond acceptors (Lipinski definition) is 3. The van der Waals surface area contributed by atoms with Gasteiger partial charge in [0.2, 0.25) is 5.91 Å². The van der Waals surface area contributed by atoms with Crippen LogP contribution in [0.4, 0.5) is 11.4 Å². The molecule has 4 N–H and O–H groups in total. The highest BCUT2D eigenvalue weighted by Crippen LogP contribution is 2.26. The van der Waals surface area contributed by atoms with Crippen molar-refractivity contribution in [2.24, 2.45) is 0 Å². The monoisotopic (exact) mass is 452 g/mol. The van der Waals surface area contributed by atoms with Gasteiger partial charge in [0, 0.05) is 14.6 Å². The topological polar surface area (TPSA) is 89.8 Å². The Morgan fingerprint density at radius 1 is 1.08 bits per heavy atom.